The van der Waals surface area contributed by atoms with Crippen LogP contribution < -0.4 is 5.50 Å². The van der Waals surface area contributed by atoms with Crippen molar-refractivity contribution in [1.82, 2.24) is 0 Å². The Morgan fingerprint density at radius 1 is 0.389 bits per heavy atom. The summed E-state index contributed by atoms with van der Waals surface area (Å²) >= 11 is 0. The van der Waals surface area contributed by atoms with E-state index in [1.165, 1.54) is 141 Å². The second-order valence-electron chi connectivity index (χ2n) is 11.1. The lowest BCUT2D eigenvalue weighted by molar-refractivity contribution is -0.114. The van der Waals surface area contributed by atoms with E-state index < -0.39 is 8.07 Å². The minimum absolute atomic E-state index is 0.0211. The van der Waals surface area contributed by atoms with E-state index in [9.17, 15) is 9.59 Å². The highest BCUT2D eigenvalue weighted by atomic mass is 31.1. The highest BCUT2D eigenvalue weighted by Crippen LogP contribution is 2.33. The number of nitrogens with two attached hydrogens (primary N) is 1. The highest BCUT2D eigenvalue weighted by molar-refractivity contribution is 7.87. The van der Waals surface area contributed by atoms with Crippen LogP contribution >= 0.6 is 8.07 Å². The number of hydrogen-bond donors (Lipinski definition) is 1. The molecule has 0 aliphatic heterocycles. The number of rotatable bonds is 30. The molecule has 0 aromatic heterocycles. The Bertz CT molecular complexity index is 441. The average Bonchev–Trinajstić information content (AvgIpc) is 2.88. The van der Waals surface area contributed by atoms with E-state index in [4.69, 9.17) is 5.50 Å². The molecule has 0 radical (unpaired) electrons. The predicted molar refractivity (Wildman–Crippen MR) is 162 cm³/mol. The SMILES string of the molecule is CCCCCCCCCCCCCCCC(=O)P(N)C(=O)CCCCCCCCCCCCCCC. The van der Waals surface area contributed by atoms with E-state index in [-0.39, 0.29) is 11.0 Å². The second-order valence-corrected chi connectivity index (χ2v) is 12.9. The summed E-state index contributed by atoms with van der Waals surface area (Å²) in [6, 6.07) is 0. The maximum absolute atomic E-state index is 12.3. The molecule has 4 heteroatoms. The topological polar surface area (TPSA) is 60.2 Å². The fraction of sp³-hybridized carbons (Fsp3) is 0.938. The Morgan fingerprint density at radius 3 is 0.806 bits per heavy atom. The molecule has 0 aliphatic rings. The molecule has 0 amide bonds. The van der Waals surface area contributed by atoms with Gasteiger partial charge in [-0.3, -0.25) is 15.1 Å². The summed E-state index contributed by atoms with van der Waals surface area (Å²) in [6.07, 6.45) is 34.8. The van der Waals surface area contributed by atoms with Crippen molar-refractivity contribution in [3.8, 4) is 0 Å². The van der Waals surface area contributed by atoms with Gasteiger partial charge in [-0.2, -0.15) is 0 Å². The molecule has 0 aliphatic carbocycles. The fourth-order valence-electron chi connectivity index (χ4n) is 4.97. The van der Waals surface area contributed by atoms with Crippen molar-refractivity contribution < 1.29 is 9.59 Å². The van der Waals surface area contributed by atoms with Crippen LogP contribution in [-0.2, 0) is 9.59 Å². The van der Waals surface area contributed by atoms with Gasteiger partial charge < -0.3 is 0 Å². The summed E-state index contributed by atoms with van der Waals surface area (Å²) in [4.78, 5) is 24.6. The molecule has 0 saturated heterocycles. The molecule has 0 aromatic rings. The van der Waals surface area contributed by atoms with Gasteiger partial charge in [0.1, 0.15) is 8.07 Å². The smallest absolute Gasteiger partial charge is 0.176 e. The molecule has 0 fully saturated rings. The highest BCUT2D eigenvalue weighted by Gasteiger charge is 2.20. The van der Waals surface area contributed by atoms with E-state index in [0.717, 1.165) is 25.7 Å². The molecule has 0 spiro atoms. The third-order valence-corrected chi connectivity index (χ3v) is 9.05. The summed E-state index contributed by atoms with van der Waals surface area (Å²) in [6.45, 7) is 4.54. The normalized spacial score (nSPS) is 11.4. The van der Waals surface area contributed by atoms with Crippen molar-refractivity contribution in [3.63, 3.8) is 0 Å². The molecule has 0 heterocycles. The van der Waals surface area contributed by atoms with E-state index in [0.29, 0.717) is 12.8 Å². The molecule has 0 atom stereocenters. The third kappa shape index (κ3) is 25.4. The van der Waals surface area contributed by atoms with Crippen LogP contribution in [0.15, 0.2) is 0 Å². The van der Waals surface area contributed by atoms with Gasteiger partial charge in [-0.15, -0.1) is 0 Å². The number of carbonyl (C=O) groups excluding carboxylic acids is 2. The first-order valence-electron chi connectivity index (χ1n) is 16.2. The maximum atomic E-state index is 12.3. The summed E-state index contributed by atoms with van der Waals surface area (Å²) < 4.78 is 0. The molecular formula is C32H64NO2P. The Morgan fingerprint density at radius 2 is 0.583 bits per heavy atom. The molecule has 214 valence electrons. The molecule has 0 rings (SSSR count). The van der Waals surface area contributed by atoms with Crippen LogP contribution in [-0.4, -0.2) is 11.0 Å². The van der Waals surface area contributed by atoms with Gasteiger partial charge in [0.15, 0.2) is 11.0 Å². The van der Waals surface area contributed by atoms with Gasteiger partial charge in [-0.1, -0.05) is 168 Å². The van der Waals surface area contributed by atoms with Gasteiger partial charge in [-0.05, 0) is 12.8 Å². The molecule has 0 bridgehead atoms. The van der Waals surface area contributed by atoms with Gasteiger partial charge in [0, 0.05) is 12.8 Å². The van der Waals surface area contributed by atoms with Gasteiger partial charge >= 0.3 is 0 Å². The lowest BCUT2D eigenvalue weighted by atomic mass is 10.0. The molecule has 3 nitrogen and oxygen atoms in total. The number of unbranched alkanes of at least 4 members (excludes halogenated alkanes) is 24. The van der Waals surface area contributed by atoms with Crippen LogP contribution in [0.1, 0.15) is 194 Å². The predicted octanol–water partition coefficient (Wildman–Crippen LogP) is 11.4. The van der Waals surface area contributed by atoms with Crippen molar-refractivity contribution in [2.75, 3.05) is 0 Å². The first-order chi connectivity index (χ1) is 17.6. The van der Waals surface area contributed by atoms with Gasteiger partial charge in [0.2, 0.25) is 0 Å². The van der Waals surface area contributed by atoms with Crippen molar-refractivity contribution in [2.24, 2.45) is 5.50 Å². The van der Waals surface area contributed by atoms with E-state index >= 15 is 0 Å². The summed E-state index contributed by atoms with van der Waals surface area (Å²) in [5, 5.41) is 0. The van der Waals surface area contributed by atoms with Crippen molar-refractivity contribution in [3.05, 3.63) is 0 Å². The zero-order valence-corrected chi connectivity index (χ0v) is 25.5. The zero-order valence-electron chi connectivity index (χ0n) is 24.6. The van der Waals surface area contributed by atoms with E-state index in [1.54, 1.807) is 0 Å². The van der Waals surface area contributed by atoms with Crippen LogP contribution in [0.2, 0.25) is 0 Å². The molecule has 0 unspecified atom stereocenters. The number of hydrogen-bond acceptors (Lipinski definition) is 3. The third-order valence-electron chi connectivity index (χ3n) is 7.53. The van der Waals surface area contributed by atoms with Gasteiger partial charge in [0.25, 0.3) is 0 Å². The Labute approximate surface area is 227 Å². The number of carbonyl (C=O) groups is 2. The molecule has 0 saturated carbocycles. The zero-order chi connectivity index (χ0) is 26.5. The minimum Gasteiger partial charge on any atom is -0.298 e. The summed E-state index contributed by atoms with van der Waals surface area (Å²) in [7, 11) is -1.56. The largest absolute Gasteiger partial charge is 0.298 e. The lowest BCUT2D eigenvalue weighted by Gasteiger charge is -2.09. The van der Waals surface area contributed by atoms with Crippen LogP contribution in [0.4, 0.5) is 0 Å². The monoisotopic (exact) mass is 525 g/mol. The Hall–Kier alpha value is -0.270. The van der Waals surface area contributed by atoms with Crippen molar-refractivity contribution in [1.29, 1.82) is 0 Å². The molecule has 0 aromatic carbocycles. The minimum atomic E-state index is -1.56. The first kappa shape index (κ1) is 35.7. The summed E-state index contributed by atoms with van der Waals surface area (Å²) in [5.74, 6) is 0. The van der Waals surface area contributed by atoms with Crippen LogP contribution in [0.3, 0.4) is 0 Å². The maximum Gasteiger partial charge on any atom is 0.176 e. The van der Waals surface area contributed by atoms with Crippen LogP contribution in [0.5, 0.6) is 0 Å². The van der Waals surface area contributed by atoms with Gasteiger partial charge in [-0.25, -0.2) is 0 Å². The van der Waals surface area contributed by atoms with Crippen LogP contribution in [0, 0.1) is 0 Å². The van der Waals surface area contributed by atoms with E-state index in [1.807, 2.05) is 0 Å². The lowest BCUT2D eigenvalue weighted by Crippen LogP contribution is -2.11. The molecule has 2 N–H and O–H groups in total. The first-order valence-corrected chi connectivity index (χ1v) is 17.6. The van der Waals surface area contributed by atoms with E-state index in [2.05, 4.69) is 13.8 Å². The van der Waals surface area contributed by atoms with Crippen LogP contribution in [0.25, 0.3) is 0 Å². The quantitative estimate of drug-likeness (QED) is 0.0749. The van der Waals surface area contributed by atoms with Gasteiger partial charge in [0.05, 0.1) is 0 Å². The fourth-order valence-corrected chi connectivity index (χ4v) is 6.04. The Kier molecular flexibility index (Phi) is 29.1. The standard InChI is InChI=1S/C32H64NO2P/c1-3-5-7-9-11-13-15-17-19-21-23-25-27-29-31(34)36(33)32(35)30-28-26-24-22-20-18-16-14-12-10-8-6-4-2/h3-30,33H2,1-2H3. The van der Waals surface area contributed by atoms with Crippen molar-refractivity contribution >= 4 is 19.1 Å². The summed E-state index contributed by atoms with van der Waals surface area (Å²) in [5.41, 5.74) is 6.06. The average molecular weight is 526 g/mol. The second kappa shape index (κ2) is 29.3. The molecule has 36 heavy (non-hydrogen) atoms. The Balaban J connectivity index is 3.44. The molecular weight excluding hydrogens is 461 g/mol. The van der Waals surface area contributed by atoms with Crippen molar-refractivity contribution in [2.45, 2.75) is 194 Å².